The van der Waals surface area contributed by atoms with E-state index in [9.17, 15) is 9.59 Å². The Hall–Kier alpha value is -2.57. The van der Waals surface area contributed by atoms with Gasteiger partial charge in [-0.2, -0.15) is 0 Å². The zero-order valence-electron chi connectivity index (χ0n) is 11.5. The van der Waals surface area contributed by atoms with Gasteiger partial charge >= 0.3 is 0 Å². The van der Waals surface area contributed by atoms with Crippen LogP contribution in [0.15, 0.2) is 47.6 Å². The van der Waals surface area contributed by atoms with E-state index in [2.05, 4.69) is 10.0 Å². The number of amides is 2. The summed E-state index contributed by atoms with van der Waals surface area (Å²) in [7, 11) is 0. The van der Waals surface area contributed by atoms with Crippen molar-refractivity contribution in [3.05, 3.63) is 74.1 Å². The molecule has 9 heteroatoms. The average molecular weight is 350 g/mol. The Morgan fingerprint density at radius 3 is 2.35 bits per heavy atom. The summed E-state index contributed by atoms with van der Waals surface area (Å²) in [4.78, 5) is 26.2. The van der Waals surface area contributed by atoms with Gasteiger partial charge in [-0.25, -0.2) is 10.9 Å². The van der Waals surface area contributed by atoms with E-state index < -0.39 is 11.8 Å². The number of hydrazine groups is 1. The van der Waals surface area contributed by atoms with Crippen LogP contribution in [0.5, 0.6) is 0 Å². The highest BCUT2D eigenvalue weighted by molar-refractivity contribution is 6.34. The van der Waals surface area contributed by atoms with Crippen LogP contribution in [0.4, 0.5) is 5.69 Å². The highest BCUT2D eigenvalue weighted by atomic mass is 35.5. The monoisotopic (exact) mass is 349 g/mol. The maximum atomic E-state index is 12.3. The van der Waals surface area contributed by atoms with Gasteiger partial charge in [0.15, 0.2) is 0 Å². The van der Waals surface area contributed by atoms with Gasteiger partial charge < -0.3 is 0 Å². The summed E-state index contributed by atoms with van der Waals surface area (Å²) in [6.45, 7) is 0. The number of carbonyl (C=O) groups is 2. The SMILES string of the molecule is [N-]=[N+]=NC(=O)c1ccc(N(N)C(=O)c2ccc(Cl)cc2)cc1Cl. The van der Waals surface area contributed by atoms with Crippen molar-refractivity contribution >= 4 is 40.7 Å². The van der Waals surface area contributed by atoms with Crippen LogP contribution in [0.25, 0.3) is 10.4 Å². The molecule has 0 aliphatic rings. The van der Waals surface area contributed by atoms with E-state index in [1.54, 1.807) is 12.1 Å². The molecule has 2 aromatic carbocycles. The number of azide groups is 1. The molecule has 2 aromatic rings. The molecule has 116 valence electrons. The second kappa shape index (κ2) is 7.13. The zero-order valence-corrected chi connectivity index (χ0v) is 13.0. The van der Waals surface area contributed by atoms with Gasteiger partial charge in [0.25, 0.3) is 11.8 Å². The molecule has 0 heterocycles. The molecule has 0 atom stereocenters. The molecular weight excluding hydrogens is 341 g/mol. The summed E-state index contributed by atoms with van der Waals surface area (Å²) in [5, 5.41) is 4.35. The van der Waals surface area contributed by atoms with Crippen molar-refractivity contribution in [1.29, 1.82) is 0 Å². The molecular formula is C14H9Cl2N5O2. The Bertz CT molecular complexity index is 816. The molecule has 0 saturated carbocycles. The van der Waals surface area contributed by atoms with E-state index in [0.29, 0.717) is 10.6 Å². The molecule has 0 aliphatic carbocycles. The van der Waals surface area contributed by atoms with E-state index in [1.807, 2.05) is 0 Å². The third kappa shape index (κ3) is 3.80. The van der Waals surface area contributed by atoms with Gasteiger partial charge in [0, 0.05) is 21.1 Å². The molecule has 0 aromatic heterocycles. The van der Waals surface area contributed by atoms with Gasteiger partial charge in [0.2, 0.25) is 0 Å². The lowest BCUT2D eigenvalue weighted by atomic mass is 10.1. The third-order valence-corrected chi connectivity index (χ3v) is 3.47. The molecule has 2 rings (SSSR count). The van der Waals surface area contributed by atoms with Gasteiger partial charge in [-0.05, 0) is 53.1 Å². The van der Waals surface area contributed by atoms with Gasteiger partial charge in [0.1, 0.15) is 0 Å². The lowest BCUT2D eigenvalue weighted by Gasteiger charge is -2.17. The number of nitrogens with two attached hydrogens (primary N) is 1. The largest absolute Gasteiger partial charge is 0.287 e. The normalized spacial score (nSPS) is 9.87. The minimum atomic E-state index is -0.823. The van der Waals surface area contributed by atoms with E-state index in [-0.39, 0.29) is 16.3 Å². The Labute approximate surface area is 140 Å². The molecule has 0 aliphatic heterocycles. The van der Waals surface area contributed by atoms with Crippen molar-refractivity contribution in [1.82, 2.24) is 0 Å². The predicted molar refractivity (Wildman–Crippen MR) is 87.4 cm³/mol. The van der Waals surface area contributed by atoms with Gasteiger partial charge in [-0.1, -0.05) is 23.2 Å². The summed E-state index contributed by atoms with van der Waals surface area (Å²) in [6.07, 6.45) is 0. The fraction of sp³-hybridized carbons (Fsp3) is 0. The maximum absolute atomic E-state index is 12.3. The van der Waals surface area contributed by atoms with Crippen LogP contribution >= 0.6 is 23.2 Å². The van der Waals surface area contributed by atoms with Crippen LogP contribution in [0, 0.1) is 0 Å². The molecule has 0 spiro atoms. The lowest BCUT2D eigenvalue weighted by Crippen LogP contribution is -2.37. The van der Waals surface area contributed by atoms with Crippen LogP contribution in [0.1, 0.15) is 20.7 Å². The quantitative estimate of drug-likeness (QED) is 0.226. The smallest absolute Gasteiger partial charge is 0.272 e. The molecule has 0 saturated heterocycles. The number of hydrogen-bond donors (Lipinski definition) is 1. The Morgan fingerprint density at radius 2 is 1.78 bits per heavy atom. The first-order chi connectivity index (χ1) is 10.9. The fourth-order valence-corrected chi connectivity index (χ4v) is 2.15. The van der Waals surface area contributed by atoms with Crippen LogP contribution in [0.2, 0.25) is 10.0 Å². The van der Waals surface area contributed by atoms with Crippen molar-refractivity contribution in [2.75, 3.05) is 5.01 Å². The minimum absolute atomic E-state index is 0.0132. The number of carbonyl (C=O) groups excluding carboxylic acids is 2. The lowest BCUT2D eigenvalue weighted by molar-refractivity contribution is 0.0984. The summed E-state index contributed by atoms with van der Waals surface area (Å²) in [5.74, 6) is 4.49. The average Bonchev–Trinajstić information content (AvgIpc) is 2.54. The molecule has 0 unspecified atom stereocenters. The molecule has 0 fully saturated rings. The molecule has 0 bridgehead atoms. The van der Waals surface area contributed by atoms with Crippen molar-refractivity contribution in [2.24, 2.45) is 11.0 Å². The highest BCUT2D eigenvalue weighted by Gasteiger charge is 2.17. The topological polar surface area (TPSA) is 112 Å². The molecule has 23 heavy (non-hydrogen) atoms. The summed E-state index contributed by atoms with van der Waals surface area (Å²) in [6, 6.07) is 10.3. The van der Waals surface area contributed by atoms with E-state index in [4.69, 9.17) is 34.6 Å². The van der Waals surface area contributed by atoms with Crippen LogP contribution in [0.3, 0.4) is 0 Å². The van der Waals surface area contributed by atoms with E-state index >= 15 is 0 Å². The zero-order chi connectivity index (χ0) is 17.0. The van der Waals surface area contributed by atoms with Crippen molar-refractivity contribution in [3.63, 3.8) is 0 Å². The molecule has 2 N–H and O–H groups in total. The predicted octanol–water partition coefficient (Wildman–Crippen LogP) is 3.96. The van der Waals surface area contributed by atoms with Gasteiger partial charge in [0.05, 0.1) is 10.7 Å². The Kier molecular flexibility index (Phi) is 5.20. The Morgan fingerprint density at radius 1 is 1.13 bits per heavy atom. The van der Waals surface area contributed by atoms with Gasteiger partial charge in [-0.15, -0.1) is 0 Å². The number of anilines is 1. The maximum Gasteiger partial charge on any atom is 0.272 e. The van der Waals surface area contributed by atoms with E-state index in [0.717, 1.165) is 5.01 Å². The number of benzene rings is 2. The first-order valence-electron chi connectivity index (χ1n) is 6.17. The van der Waals surface area contributed by atoms with Crippen LogP contribution in [-0.4, -0.2) is 11.8 Å². The third-order valence-electron chi connectivity index (χ3n) is 2.91. The summed E-state index contributed by atoms with van der Waals surface area (Å²) in [5.41, 5.74) is 8.88. The molecule has 0 radical (unpaired) electrons. The summed E-state index contributed by atoms with van der Waals surface area (Å²) >= 11 is 11.7. The molecule has 2 amide bonds. The van der Waals surface area contributed by atoms with E-state index in [1.165, 1.54) is 30.3 Å². The second-order valence-corrected chi connectivity index (χ2v) is 5.18. The van der Waals surface area contributed by atoms with Gasteiger partial charge in [-0.3, -0.25) is 9.59 Å². The standard InChI is InChI=1S/C14H9Cl2N5O2/c15-9-3-1-8(2-4-9)14(23)21(18)10-5-6-11(12(16)7-10)13(22)19-20-17/h1-7H,18H2. The highest BCUT2D eigenvalue weighted by Crippen LogP contribution is 2.24. The first kappa shape index (κ1) is 16.8. The summed E-state index contributed by atoms with van der Waals surface area (Å²) < 4.78 is 0. The van der Waals surface area contributed by atoms with Crippen molar-refractivity contribution in [3.8, 4) is 0 Å². The minimum Gasteiger partial charge on any atom is -0.287 e. The van der Waals surface area contributed by atoms with Crippen molar-refractivity contribution < 1.29 is 9.59 Å². The first-order valence-corrected chi connectivity index (χ1v) is 6.93. The second-order valence-electron chi connectivity index (χ2n) is 4.34. The Balaban J connectivity index is 2.29. The van der Waals surface area contributed by atoms with Crippen LogP contribution < -0.4 is 10.9 Å². The number of hydrogen-bond acceptors (Lipinski definition) is 3. The van der Waals surface area contributed by atoms with Crippen molar-refractivity contribution in [2.45, 2.75) is 0 Å². The molecule has 7 nitrogen and oxygen atoms in total. The number of rotatable bonds is 3. The van der Waals surface area contributed by atoms with Crippen LogP contribution in [-0.2, 0) is 0 Å². The number of nitrogens with zero attached hydrogens (tertiary/aromatic N) is 4. The number of halogens is 2. The fourth-order valence-electron chi connectivity index (χ4n) is 1.77.